The summed E-state index contributed by atoms with van der Waals surface area (Å²) < 4.78 is 5.26. The monoisotopic (exact) mass is 239 g/mol. The zero-order valence-electron chi connectivity index (χ0n) is 10.7. The summed E-state index contributed by atoms with van der Waals surface area (Å²) in [5.41, 5.74) is 0. The molecule has 0 aliphatic carbocycles. The molecule has 0 aromatic carbocycles. The largest absolute Gasteiger partial charge is 0.469 e. The third kappa shape index (κ3) is 5.40. The minimum atomic E-state index is -0.0644. The van der Waals surface area contributed by atoms with Crippen molar-refractivity contribution in [2.75, 3.05) is 27.2 Å². The molecule has 5 heteroatoms. The van der Waals surface area contributed by atoms with Gasteiger partial charge in [-0.05, 0) is 19.1 Å². The van der Waals surface area contributed by atoms with E-state index in [9.17, 15) is 4.79 Å². The topological polar surface area (TPSA) is 57.5 Å². The van der Waals surface area contributed by atoms with Crippen LogP contribution >= 0.6 is 0 Å². The summed E-state index contributed by atoms with van der Waals surface area (Å²) in [6.07, 6.45) is 2.54. The van der Waals surface area contributed by atoms with Crippen molar-refractivity contribution in [1.82, 2.24) is 15.5 Å². The van der Waals surface area contributed by atoms with Gasteiger partial charge in [0.2, 0.25) is 0 Å². The maximum absolute atomic E-state index is 11.2. The SMILES string of the molecule is CC(Cc1ccco1)NCCNC(=O)N(C)C. The van der Waals surface area contributed by atoms with E-state index in [4.69, 9.17) is 4.42 Å². The van der Waals surface area contributed by atoms with Gasteiger partial charge in [-0.1, -0.05) is 0 Å². The highest BCUT2D eigenvalue weighted by molar-refractivity contribution is 5.73. The predicted molar refractivity (Wildman–Crippen MR) is 67.0 cm³/mol. The lowest BCUT2D eigenvalue weighted by Gasteiger charge is -2.15. The van der Waals surface area contributed by atoms with Gasteiger partial charge in [0, 0.05) is 39.6 Å². The molecule has 0 spiro atoms. The number of hydrogen-bond acceptors (Lipinski definition) is 3. The maximum Gasteiger partial charge on any atom is 0.316 e. The molecule has 0 fully saturated rings. The first-order valence-electron chi connectivity index (χ1n) is 5.80. The number of hydrogen-bond donors (Lipinski definition) is 2. The van der Waals surface area contributed by atoms with E-state index in [1.165, 1.54) is 4.90 Å². The molecule has 2 N–H and O–H groups in total. The standard InChI is InChI=1S/C12H21N3O2/c1-10(9-11-5-4-8-17-11)13-6-7-14-12(16)15(2)3/h4-5,8,10,13H,6-7,9H2,1-3H3,(H,14,16). The molecule has 1 atom stereocenters. The second-order valence-corrected chi connectivity index (χ2v) is 4.27. The van der Waals surface area contributed by atoms with Crippen LogP contribution in [0.15, 0.2) is 22.8 Å². The van der Waals surface area contributed by atoms with Gasteiger partial charge >= 0.3 is 6.03 Å². The van der Waals surface area contributed by atoms with E-state index >= 15 is 0 Å². The average molecular weight is 239 g/mol. The molecule has 0 aliphatic rings. The van der Waals surface area contributed by atoms with Gasteiger partial charge in [0.25, 0.3) is 0 Å². The molecule has 0 saturated heterocycles. The van der Waals surface area contributed by atoms with Crippen LogP contribution in [0, 0.1) is 0 Å². The van der Waals surface area contributed by atoms with E-state index in [2.05, 4.69) is 17.6 Å². The highest BCUT2D eigenvalue weighted by Crippen LogP contribution is 2.03. The summed E-state index contributed by atoms with van der Waals surface area (Å²) in [7, 11) is 3.45. The van der Waals surface area contributed by atoms with Crippen LogP contribution in [0.3, 0.4) is 0 Å². The van der Waals surface area contributed by atoms with Crippen molar-refractivity contribution in [2.45, 2.75) is 19.4 Å². The van der Waals surface area contributed by atoms with E-state index in [0.717, 1.165) is 18.7 Å². The number of rotatable bonds is 6. The molecule has 1 heterocycles. The summed E-state index contributed by atoms with van der Waals surface area (Å²) >= 11 is 0. The Bertz CT molecular complexity index is 323. The molecule has 1 aromatic rings. The van der Waals surface area contributed by atoms with Crippen LogP contribution in [0.4, 0.5) is 4.79 Å². The van der Waals surface area contributed by atoms with Crippen LogP contribution in [-0.4, -0.2) is 44.2 Å². The molecule has 1 rings (SSSR count). The number of urea groups is 1. The fraction of sp³-hybridized carbons (Fsp3) is 0.583. The van der Waals surface area contributed by atoms with Crippen LogP contribution < -0.4 is 10.6 Å². The Morgan fingerprint density at radius 1 is 1.47 bits per heavy atom. The summed E-state index contributed by atoms with van der Waals surface area (Å²) in [6.45, 7) is 3.47. The van der Waals surface area contributed by atoms with Crippen molar-refractivity contribution in [3.05, 3.63) is 24.2 Å². The third-order valence-electron chi connectivity index (χ3n) is 2.39. The molecule has 0 bridgehead atoms. The lowest BCUT2D eigenvalue weighted by atomic mass is 10.2. The summed E-state index contributed by atoms with van der Waals surface area (Å²) in [4.78, 5) is 12.7. The van der Waals surface area contributed by atoms with Gasteiger partial charge in [-0.2, -0.15) is 0 Å². The molecule has 96 valence electrons. The van der Waals surface area contributed by atoms with E-state index < -0.39 is 0 Å². The van der Waals surface area contributed by atoms with Gasteiger partial charge < -0.3 is 20.0 Å². The van der Waals surface area contributed by atoms with Crippen molar-refractivity contribution in [2.24, 2.45) is 0 Å². The average Bonchev–Trinajstić information content (AvgIpc) is 2.76. The number of nitrogens with zero attached hydrogens (tertiary/aromatic N) is 1. The number of amides is 2. The fourth-order valence-corrected chi connectivity index (χ4v) is 1.45. The molecule has 17 heavy (non-hydrogen) atoms. The zero-order chi connectivity index (χ0) is 12.7. The van der Waals surface area contributed by atoms with Crippen LogP contribution in [0.25, 0.3) is 0 Å². The fourth-order valence-electron chi connectivity index (χ4n) is 1.45. The van der Waals surface area contributed by atoms with Gasteiger partial charge in [-0.25, -0.2) is 4.79 Å². The van der Waals surface area contributed by atoms with Crippen molar-refractivity contribution in [3.63, 3.8) is 0 Å². The Hall–Kier alpha value is -1.49. The molecular formula is C12H21N3O2. The van der Waals surface area contributed by atoms with Gasteiger partial charge in [-0.15, -0.1) is 0 Å². The summed E-state index contributed by atoms with van der Waals surface area (Å²) in [5, 5.41) is 6.12. The predicted octanol–water partition coefficient (Wildman–Crippen LogP) is 1.07. The smallest absolute Gasteiger partial charge is 0.316 e. The zero-order valence-corrected chi connectivity index (χ0v) is 10.7. The molecule has 1 unspecified atom stereocenters. The third-order valence-corrected chi connectivity index (χ3v) is 2.39. The van der Waals surface area contributed by atoms with Gasteiger partial charge in [0.1, 0.15) is 5.76 Å². The Morgan fingerprint density at radius 2 is 2.24 bits per heavy atom. The quantitative estimate of drug-likeness (QED) is 0.730. The molecule has 0 radical (unpaired) electrons. The normalized spacial score (nSPS) is 12.2. The Morgan fingerprint density at radius 3 is 2.82 bits per heavy atom. The number of carbonyl (C=O) groups excluding carboxylic acids is 1. The number of furan rings is 1. The highest BCUT2D eigenvalue weighted by atomic mass is 16.3. The molecule has 0 saturated carbocycles. The minimum Gasteiger partial charge on any atom is -0.469 e. The highest BCUT2D eigenvalue weighted by Gasteiger charge is 2.05. The van der Waals surface area contributed by atoms with Crippen LogP contribution in [0.2, 0.25) is 0 Å². The maximum atomic E-state index is 11.2. The first kappa shape index (κ1) is 13.6. The van der Waals surface area contributed by atoms with Crippen LogP contribution in [0.1, 0.15) is 12.7 Å². The number of nitrogens with one attached hydrogen (secondary N) is 2. The van der Waals surface area contributed by atoms with Crippen molar-refractivity contribution in [3.8, 4) is 0 Å². The Labute approximate surface area is 102 Å². The van der Waals surface area contributed by atoms with Crippen LogP contribution in [-0.2, 0) is 6.42 Å². The molecule has 2 amide bonds. The first-order valence-corrected chi connectivity index (χ1v) is 5.80. The van der Waals surface area contributed by atoms with Gasteiger partial charge in [-0.3, -0.25) is 0 Å². The Balaban J connectivity index is 2.08. The van der Waals surface area contributed by atoms with Crippen molar-refractivity contribution >= 4 is 6.03 Å². The molecule has 5 nitrogen and oxygen atoms in total. The van der Waals surface area contributed by atoms with Gasteiger partial charge in [0.15, 0.2) is 0 Å². The lowest BCUT2D eigenvalue weighted by Crippen LogP contribution is -2.40. The molecule has 1 aromatic heterocycles. The second-order valence-electron chi connectivity index (χ2n) is 4.27. The number of carbonyl (C=O) groups is 1. The molecule has 0 aliphatic heterocycles. The van der Waals surface area contributed by atoms with E-state index in [1.807, 2.05) is 12.1 Å². The molecular weight excluding hydrogens is 218 g/mol. The minimum absolute atomic E-state index is 0.0644. The van der Waals surface area contributed by atoms with E-state index in [0.29, 0.717) is 12.6 Å². The van der Waals surface area contributed by atoms with Crippen molar-refractivity contribution < 1.29 is 9.21 Å². The summed E-state index contributed by atoms with van der Waals surface area (Å²) in [5.74, 6) is 0.974. The van der Waals surface area contributed by atoms with E-state index in [1.54, 1.807) is 20.4 Å². The lowest BCUT2D eigenvalue weighted by molar-refractivity contribution is 0.217. The first-order chi connectivity index (χ1) is 8.09. The summed E-state index contributed by atoms with van der Waals surface area (Å²) in [6, 6.07) is 4.12. The van der Waals surface area contributed by atoms with Gasteiger partial charge in [0.05, 0.1) is 6.26 Å². The van der Waals surface area contributed by atoms with E-state index in [-0.39, 0.29) is 6.03 Å². The van der Waals surface area contributed by atoms with Crippen LogP contribution in [0.5, 0.6) is 0 Å². The Kier molecular flexibility index (Phi) is 5.56. The van der Waals surface area contributed by atoms with Crippen molar-refractivity contribution in [1.29, 1.82) is 0 Å². The second kappa shape index (κ2) is 6.96.